The minimum absolute atomic E-state index is 0.0132. The number of thioether (sulfide) groups is 1. The second-order valence-electron chi connectivity index (χ2n) is 5.39. The van der Waals surface area contributed by atoms with Crippen molar-refractivity contribution in [1.29, 1.82) is 0 Å². The zero-order valence-electron chi connectivity index (χ0n) is 13.3. The van der Waals surface area contributed by atoms with E-state index in [0.29, 0.717) is 28.6 Å². The van der Waals surface area contributed by atoms with Crippen molar-refractivity contribution in [3.8, 4) is 0 Å². The molecule has 1 aromatic carbocycles. The first kappa shape index (κ1) is 17.0. The molecule has 0 bridgehead atoms. The molecule has 0 radical (unpaired) electrons. The molecule has 3 rings (SSSR count). The molecule has 0 atom stereocenters. The molecule has 2 heterocycles. The van der Waals surface area contributed by atoms with Crippen molar-refractivity contribution in [2.75, 3.05) is 28.8 Å². The second-order valence-corrected chi connectivity index (χ2v) is 6.34. The largest absolute Gasteiger partial charge is 0.325 e. The summed E-state index contributed by atoms with van der Waals surface area (Å²) in [6, 6.07) is 10.0. The Morgan fingerprint density at radius 3 is 2.64 bits per heavy atom. The zero-order chi connectivity index (χ0) is 17.6. The third kappa shape index (κ3) is 4.57. The molecule has 1 aromatic heterocycles. The van der Waals surface area contributed by atoms with Crippen LogP contribution in [0.3, 0.4) is 0 Å². The van der Waals surface area contributed by atoms with E-state index in [9.17, 15) is 14.4 Å². The van der Waals surface area contributed by atoms with E-state index in [0.717, 1.165) is 0 Å². The van der Waals surface area contributed by atoms with Crippen LogP contribution in [0.1, 0.15) is 10.4 Å². The van der Waals surface area contributed by atoms with Crippen molar-refractivity contribution in [3.63, 3.8) is 0 Å². The van der Waals surface area contributed by atoms with Crippen LogP contribution in [0, 0.1) is 0 Å². The maximum absolute atomic E-state index is 12.3. The Labute approximate surface area is 148 Å². The first-order chi connectivity index (χ1) is 12.1. The molecule has 3 amide bonds. The molecule has 7 nitrogen and oxygen atoms in total. The number of carbonyl (C=O) groups excluding carboxylic acids is 3. The van der Waals surface area contributed by atoms with Crippen molar-refractivity contribution < 1.29 is 14.4 Å². The number of aromatic nitrogens is 1. The van der Waals surface area contributed by atoms with Crippen molar-refractivity contribution in [2.24, 2.45) is 0 Å². The van der Waals surface area contributed by atoms with E-state index in [1.165, 1.54) is 16.7 Å². The van der Waals surface area contributed by atoms with Gasteiger partial charge in [-0.15, -0.1) is 11.8 Å². The van der Waals surface area contributed by atoms with Gasteiger partial charge in [0.1, 0.15) is 6.54 Å². The van der Waals surface area contributed by atoms with Gasteiger partial charge >= 0.3 is 0 Å². The van der Waals surface area contributed by atoms with Crippen LogP contribution in [0.4, 0.5) is 11.4 Å². The Morgan fingerprint density at radius 2 is 1.92 bits per heavy atom. The van der Waals surface area contributed by atoms with Gasteiger partial charge < -0.3 is 15.5 Å². The summed E-state index contributed by atoms with van der Waals surface area (Å²) in [6.07, 6.45) is 3.17. The molecule has 2 aromatic rings. The second kappa shape index (κ2) is 7.80. The van der Waals surface area contributed by atoms with Gasteiger partial charge in [0.2, 0.25) is 11.8 Å². The standard InChI is InChI=1S/C17H16N4O3S/c22-15(9-21-11-25-10-16(21)23)19-14-3-1-2-12(8-14)17(24)20-13-4-6-18-7-5-13/h1-8H,9-11H2,(H,19,22)(H,18,20,24). The van der Waals surface area contributed by atoms with Crippen LogP contribution >= 0.6 is 11.8 Å². The average molecular weight is 356 g/mol. The lowest BCUT2D eigenvalue weighted by atomic mass is 10.2. The summed E-state index contributed by atoms with van der Waals surface area (Å²) < 4.78 is 0. The van der Waals surface area contributed by atoms with E-state index in [4.69, 9.17) is 0 Å². The minimum atomic E-state index is -0.289. The number of nitrogens with one attached hydrogen (secondary N) is 2. The van der Waals surface area contributed by atoms with Crippen LogP contribution in [-0.4, -0.2) is 45.8 Å². The van der Waals surface area contributed by atoms with Gasteiger partial charge in [0.15, 0.2) is 0 Å². The first-order valence-corrected chi connectivity index (χ1v) is 8.74. The molecule has 0 spiro atoms. The average Bonchev–Trinajstić information content (AvgIpc) is 3.00. The molecule has 1 fully saturated rings. The Morgan fingerprint density at radius 1 is 1.12 bits per heavy atom. The lowest BCUT2D eigenvalue weighted by Gasteiger charge is -2.14. The number of hydrogen-bond acceptors (Lipinski definition) is 5. The minimum Gasteiger partial charge on any atom is -0.325 e. The molecule has 2 N–H and O–H groups in total. The Bertz CT molecular complexity index is 797. The molecule has 1 aliphatic rings. The van der Waals surface area contributed by atoms with Gasteiger partial charge in [-0.1, -0.05) is 6.07 Å². The molecular formula is C17H16N4O3S. The number of anilines is 2. The Kier molecular flexibility index (Phi) is 5.30. The maximum atomic E-state index is 12.3. The molecule has 0 aliphatic carbocycles. The normalized spacial score (nSPS) is 13.6. The molecule has 1 aliphatic heterocycles. The Hall–Kier alpha value is -2.87. The number of benzene rings is 1. The van der Waals surface area contributed by atoms with Gasteiger partial charge in [0.25, 0.3) is 5.91 Å². The van der Waals surface area contributed by atoms with E-state index in [1.54, 1.807) is 48.8 Å². The molecule has 128 valence electrons. The lowest BCUT2D eigenvalue weighted by molar-refractivity contribution is -0.130. The van der Waals surface area contributed by atoms with E-state index in [2.05, 4.69) is 15.6 Å². The summed E-state index contributed by atoms with van der Waals surface area (Å²) >= 11 is 1.48. The van der Waals surface area contributed by atoms with Crippen molar-refractivity contribution >= 4 is 40.9 Å². The van der Waals surface area contributed by atoms with Crippen LogP contribution in [0.25, 0.3) is 0 Å². The van der Waals surface area contributed by atoms with Crippen LogP contribution in [0.2, 0.25) is 0 Å². The maximum Gasteiger partial charge on any atom is 0.255 e. The molecule has 0 saturated carbocycles. The summed E-state index contributed by atoms with van der Waals surface area (Å²) in [4.78, 5) is 41.3. The predicted octanol–water partition coefficient (Wildman–Crippen LogP) is 1.81. The van der Waals surface area contributed by atoms with Gasteiger partial charge in [0.05, 0.1) is 11.6 Å². The number of amides is 3. The number of carbonyl (C=O) groups is 3. The molecule has 0 unspecified atom stereocenters. The van der Waals surface area contributed by atoms with Crippen molar-refractivity contribution in [3.05, 3.63) is 54.4 Å². The Balaban J connectivity index is 1.61. The third-order valence-electron chi connectivity index (χ3n) is 3.51. The van der Waals surface area contributed by atoms with Crippen LogP contribution in [0.5, 0.6) is 0 Å². The fourth-order valence-corrected chi connectivity index (χ4v) is 3.19. The number of rotatable bonds is 5. The van der Waals surface area contributed by atoms with Gasteiger partial charge in [-0.05, 0) is 30.3 Å². The number of nitrogens with zero attached hydrogens (tertiary/aromatic N) is 2. The van der Waals surface area contributed by atoms with Crippen molar-refractivity contribution in [2.45, 2.75) is 0 Å². The van der Waals surface area contributed by atoms with Crippen LogP contribution < -0.4 is 10.6 Å². The molecule has 1 saturated heterocycles. The van der Waals surface area contributed by atoms with Crippen LogP contribution in [0.15, 0.2) is 48.8 Å². The summed E-state index contributed by atoms with van der Waals surface area (Å²) in [7, 11) is 0. The predicted molar refractivity (Wildman–Crippen MR) is 96.3 cm³/mol. The van der Waals surface area contributed by atoms with E-state index in [-0.39, 0.29) is 24.3 Å². The highest BCUT2D eigenvalue weighted by molar-refractivity contribution is 8.00. The van der Waals surface area contributed by atoms with E-state index in [1.807, 2.05) is 0 Å². The van der Waals surface area contributed by atoms with E-state index < -0.39 is 0 Å². The summed E-state index contributed by atoms with van der Waals surface area (Å²) in [5.41, 5.74) is 1.56. The summed E-state index contributed by atoms with van der Waals surface area (Å²) in [5, 5.41) is 5.47. The summed E-state index contributed by atoms with van der Waals surface area (Å²) in [6.45, 7) is 0.0132. The van der Waals surface area contributed by atoms with Crippen LogP contribution in [-0.2, 0) is 9.59 Å². The highest BCUT2D eigenvalue weighted by atomic mass is 32.2. The van der Waals surface area contributed by atoms with Gasteiger partial charge in [0, 0.05) is 29.3 Å². The van der Waals surface area contributed by atoms with Gasteiger partial charge in [-0.2, -0.15) is 0 Å². The highest BCUT2D eigenvalue weighted by Crippen LogP contribution is 2.16. The molecule has 25 heavy (non-hydrogen) atoms. The van der Waals surface area contributed by atoms with Crippen molar-refractivity contribution in [1.82, 2.24) is 9.88 Å². The van der Waals surface area contributed by atoms with Gasteiger partial charge in [-0.3, -0.25) is 19.4 Å². The topological polar surface area (TPSA) is 91.4 Å². The fraction of sp³-hybridized carbons (Fsp3) is 0.176. The third-order valence-corrected chi connectivity index (χ3v) is 4.45. The number of pyridine rings is 1. The zero-order valence-corrected chi connectivity index (χ0v) is 14.1. The van der Waals surface area contributed by atoms with Gasteiger partial charge in [-0.25, -0.2) is 0 Å². The lowest BCUT2D eigenvalue weighted by Crippen LogP contribution is -2.34. The molecule has 8 heteroatoms. The highest BCUT2D eigenvalue weighted by Gasteiger charge is 2.22. The quantitative estimate of drug-likeness (QED) is 0.852. The molecular weight excluding hydrogens is 340 g/mol. The smallest absolute Gasteiger partial charge is 0.255 e. The number of hydrogen-bond donors (Lipinski definition) is 2. The first-order valence-electron chi connectivity index (χ1n) is 7.58. The summed E-state index contributed by atoms with van der Waals surface area (Å²) in [5.74, 6) is 0.333. The SMILES string of the molecule is O=C(CN1CSCC1=O)Nc1cccc(C(=O)Nc2ccncc2)c1. The van der Waals surface area contributed by atoms with E-state index >= 15 is 0 Å². The monoisotopic (exact) mass is 356 g/mol. The fourth-order valence-electron chi connectivity index (χ4n) is 2.29.